The lowest BCUT2D eigenvalue weighted by atomic mass is 9.95. The fourth-order valence-electron chi connectivity index (χ4n) is 2.45. The Morgan fingerprint density at radius 1 is 1.47 bits per heavy atom. The van der Waals surface area contributed by atoms with Gasteiger partial charge in [0.15, 0.2) is 11.5 Å². The third-order valence-electron chi connectivity index (χ3n) is 3.31. The lowest BCUT2D eigenvalue weighted by Gasteiger charge is -2.31. The van der Waals surface area contributed by atoms with E-state index in [1.807, 2.05) is 13.1 Å². The van der Waals surface area contributed by atoms with E-state index < -0.39 is 0 Å². The Labute approximate surface area is 99.5 Å². The van der Waals surface area contributed by atoms with Crippen LogP contribution in [0.25, 0.3) is 0 Å². The van der Waals surface area contributed by atoms with Crippen LogP contribution in [-0.4, -0.2) is 37.5 Å². The molecule has 0 aromatic heterocycles. The van der Waals surface area contributed by atoms with Crippen molar-refractivity contribution in [3.8, 4) is 17.2 Å². The van der Waals surface area contributed by atoms with E-state index in [2.05, 4.69) is 4.90 Å². The van der Waals surface area contributed by atoms with Gasteiger partial charge in [-0.05, 0) is 18.7 Å². The van der Waals surface area contributed by atoms with Crippen LogP contribution < -0.4 is 9.47 Å². The van der Waals surface area contributed by atoms with Gasteiger partial charge in [0.05, 0.1) is 6.10 Å². The second-order valence-electron chi connectivity index (χ2n) is 4.45. The fourth-order valence-corrected chi connectivity index (χ4v) is 2.45. The minimum atomic E-state index is -0.0378. The molecule has 0 spiro atoms. The van der Waals surface area contributed by atoms with Crippen LogP contribution >= 0.6 is 0 Å². The number of hydrogen-bond donors (Lipinski definition) is 1. The number of ether oxygens (including phenoxy) is 3. The van der Waals surface area contributed by atoms with Crippen molar-refractivity contribution in [2.45, 2.75) is 12.6 Å². The van der Waals surface area contributed by atoms with Gasteiger partial charge < -0.3 is 19.3 Å². The van der Waals surface area contributed by atoms with Crippen LogP contribution in [-0.2, 0) is 11.3 Å². The van der Waals surface area contributed by atoms with Crippen LogP contribution in [0.15, 0.2) is 6.07 Å². The highest BCUT2D eigenvalue weighted by atomic mass is 16.7. The predicted octanol–water partition coefficient (Wildman–Crippen LogP) is 1.25. The average Bonchev–Trinajstić information content (AvgIpc) is 2.78. The summed E-state index contributed by atoms with van der Waals surface area (Å²) in [5.41, 5.74) is 1.86. The SMILES string of the molecule is COC1CN(C)Cc2c1cc1c(c2O)OCO1. The quantitative estimate of drug-likeness (QED) is 0.796. The van der Waals surface area contributed by atoms with E-state index in [4.69, 9.17) is 14.2 Å². The highest BCUT2D eigenvalue weighted by molar-refractivity contribution is 5.60. The van der Waals surface area contributed by atoms with Crippen LogP contribution in [0.3, 0.4) is 0 Å². The van der Waals surface area contributed by atoms with E-state index in [1.54, 1.807) is 7.11 Å². The summed E-state index contributed by atoms with van der Waals surface area (Å²) in [4.78, 5) is 2.11. The molecule has 2 aliphatic heterocycles. The molecular weight excluding hydrogens is 222 g/mol. The molecule has 1 unspecified atom stereocenters. The summed E-state index contributed by atoms with van der Waals surface area (Å²) in [5.74, 6) is 1.24. The molecule has 0 bridgehead atoms. The molecule has 5 heteroatoms. The Morgan fingerprint density at radius 2 is 2.29 bits per heavy atom. The highest BCUT2D eigenvalue weighted by Gasteiger charge is 2.31. The smallest absolute Gasteiger partial charge is 0.231 e. The molecule has 3 rings (SSSR count). The maximum atomic E-state index is 10.2. The van der Waals surface area contributed by atoms with Crippen molar-refractivity contribution in [1.82, 2.24) is 4.90 Å². The lowest BCUT2D eigenvalue weighted by molar-refractivity contribution is 0.0569. The highest BCUT2D eigenvalue weighted by Crippen LogP contribution is 2.47. The minimum absolute atomic E-state index is 0.0378. The maximum Gasteiger partial charge on any atom is 0.231 e. The Balaban J connectivity index is 2.15. The van der Waals surface area contributed by atoms with Crippen molar-refractivity contribution in [2.24, 2.45) is 0 Å². The molecule has 0 aliphatic carbocycles. The number of phenols is 1. The zero-order chi connectivity index (χ0) is 12.0. The number of methoxy groups -OCH3 is 1. The third-order valence-corrected chi connectivity index (χ3v) is 3.31. The number of rotatable bonds is 1. The van der Waals surface area contributed by atoms with Gasteiger partial charge in [-0.25, -0.2) is 0 Å². The number of likely N-dealkylation sites (N-methyl/N-ethyl adjacent to an activating group) is 1. The number of nitrogens with zero attached hydrogens (tertiary/aromatic N) is 1. The largest absolute Gasteiger partial charge is 0.504 e. The molecule has 0 saturated carbocycles. The molecule has 0 amide bonds. The van der Waals surface area contributed by atoms with Crippen molar-refractivity contribution in [3.05, 3.63) is 17.2 Å². The standard InChI is InChI=1S/C12H15NO4/c1-13-4-8-7(10(5-13)15-2)3-9-12(11(8)14)17-6-16-9/h3,10,14H,4-6H2,1-2H3. The zero-order valence-electron chi connectivity index (χ0n) is 9.90. The molecule has 2 aliphatic rings. The van der Waals surface area contributed by atoms with Crippen LogP contribution in [0, 0.1) is 0 Å². The summed E-state index contributed by atoms with van der Waals surface area (Å²) in [6.07, 6.45) is -0.0378. The number of benzene rings is 1. The van der Waals surface area contributed by atoms with Gasteiger partial charge in [0.25, 0.3) is 0 Å². The molecule has 0 fully saturated rings. The fraction of sp³-hybridized carbons (Fsp3) is 0.500. The van der Waals surface area contributed by atoms with Crippen molar-refractivity contribution in [1.29, 1.82) is 0 Å². The number of aromatic hydroxyl groups is 1. The molecule has 2 heterocycles. The predicted molar refractivity (Wildman–Crippen MR) is 60.3 cm³/mol. The van der Waals surface area contributed by atoms with Gasteiger partial charge in [0.2, 0.25) is 12.5 Å². The maximum absolute atomic E-state index is 10.2. The van der Waals surface area contributed by atoms with E-state index in [9.17, 15) is 5.11 Å². The normalized spacial score (nSPS) is 22.6. The van der Waals surface area contributed by atoms with E-state index >= 15 is 0 Å². The van der Waals surface area contributed by atoms with Crippen LogP contribution in [0.1, 0.15) is 17.2 Å². The van der Waals surface area contributed by atoms with E-state index in [0.29, 0.717) is 18.0 Å². The Bertz CT molecular complexity index is 460. The number of hydrogen-bond acceptors (Lipinski definition) is 5. The molecule has 0 saturated heterocycles. The molecule has 0 radical (unpaired) electrons. The Kier molecular flexibility index (Phi) is 2.38. The van der Waals surface area contributed by atoms with Gasteiger partial charge in [0.1, 0.15) is 0 Å². The molecule has 5 nitrogen and oxygen atoms in total. The van der Waals surface area contributed by atoms with Gasteiger partial charge in [-0.1, -0.05) is 0 Å². The molecule has 92 valence electrons. The second kappa shape index (κ2) is 3.78. The molecule has 17 heavy (non-hydrogen) atoms. The Morgan fingerprint density at radius 3 is 3.06 bits per heavy atom. The molecule has 1 aromatic carbocycles. The van der Waals surface area contributed by atoms with Crippen molar-refractivity contribution in [2.75, 3.05) is 27.5 Å². The van der Waals surface area contributed by atoms with Gasteiger partial charge in [-0.2, -0.15) is 0 Å². The lowest BCUT2D eigenvalue weighted by Crippen LogP contribution is -2.31. The van der Waals surface area contributed by atoms with Gasteiger partial charge >= 0.3 is 0 Å². The number of fused-ring (bicyclic) bond motifs is 2. The van der Waals surface area contributed by atoms with Crippen LogP contribution in [0.2, 0.25) is 0 Å². The van der Waals surface area contributed by atoms with Crippen molar-refractivity contribution < 1.29 is 19.3 Å². The van der Waals surface area contributed by atoms with Crippen LogP contribution in [0.5, 0.6) is 17.2 Å². The van der Waals surface area contributed by atoms with E-state index in [-0.39, 0.29) is 18.6 Å². The molecule has 1 N–H and O–H groups in total. The molecular formula is C12H15NO4. The molecule has 1 atom stereocenters. The average molecular weight is 237 g/mol. The van der Waals surface area contributed by atoms with E-state index in [1.165, 1.54) is 0 Å². The topological polar surface area (TPSA) is 51.2 Å². The summed E-state index contributed by atoms with van der Waals surface area (Å²) in [7, 11) is 3.67. The summed E-state index contributed by atoms with van der Waals surface area (Å²) in [6.45, 7) is 1.67. The summed E-state index contributed by atoms with van der Waals surface area (Å²) >= 11 is 0. The zero-order valence-corrected chi connectivity index (χ0v) is 9.90. The first-order valence-corrected chi connectivity index (χ1v) is 5.56. The number of phenolic OH excluding ortho intramolecular Hbond substituents is 1. The summed E-state index contributed by atoms with van der Waals surface area (Å²) in [5, 5.41) is 10.2. The second-order valence-corrected chi connectivity index (χ2v) is 4.45. The van der Waals surface area contributed by atoms with Crippen molar-refractivity contribution in [3.63, 3.8) is 0 Å². The first kappa shape index (κ1) is 10.7. The Hall–Kier alpha value is -1.46. The van der Waals surface area contributed by atoms with Crippen LogP contribution in [0.4, 0.5) is 0 Å². The molecule has 1 aromatic rings. The van der Waals surface area contributed by atoms with Crippen molar-refractivity contribution >= 4 is 0 Å². The van der Waals surface area contributed by atoms with Gasteiger partial charge in [-0.3, -0.25) is 4.90 Å². The van der Waals surface area contributed by atoms with Gasteiger partial charge in [-0.15, -0.1) is 0 Å². The summed E-state index contributed by atoms with van der Waals surface area (Å²) in [6, 6.07) is 1.92. The minimum Gasteiger partial charge on any atom is -0.504 e. The summed E-state index contributed by atoms with van der Waals surface area (Å²) < 4.78 is 16.0. The third kappa shape index (κ3) is 1.54. The van der Waals surface area contributed by atoms with Gasteiger partial charge in [0, 0.05) is 25.8 Å². The monoisotopic (exact) mass is 237 g/mol. The van der Waals surface area contributed by atoms with E-state index in [0.717, 1.165) is 17.7 Å². The first-order valence-electron chi connectivity index (χ1n) is 5.56. The first-order chi connectivity index (χ1) is 8.20.